The topological polar surface area (TPSA) is 93.1 Å². The number of ether oxygens (including phenoxy) is 2. The van der Waals surface area contributed by atoms with Gasteiger partial charge in [0, 0.05) is 6.54 Å². The van der Waals surface area contributed by atoms with E-state index in [0.717, 1.165) is 9.87 Å². The standard InChI is InChI=1S/C20H22FNO6S/c1-13-11-22(19(20(23)24)14(2)28-13)29(25,26)18-9-7-17(8-10-18)27-12-15-3-5-16(21)6-4-15/h3-10,13-14,19H,11-12H2,1-2H3,(H,23,24). The monoisotopic (exact) mass is 423 g/mol. The van der Waals surface area contributed by atoms with Gasteiger partial charge in [-0.3, -0.25) is 4.79 Å². The highest BCUT2D eigenvalue weighted by Crippen LogP contribution is 2.27. The SMILES string of the molecule is CC1CN(S(=O)(=O)c2ccc(OCc3ccc(F)cc3)cc2)C(C(=O)O)C(C)O1. The average Bonchev–Trinajstić information content (AvgIpc) is 2.67. The minimum absolute atomic E-state index is 0.0285. The van der Waals surface area contributed by atoms with Crippen molar-refractivity contribution in [1.82, 2.24) is 4.31 Å². The van der Waals surface area contributed by atoms with E-state index in [1.165, 1.54) is 36.4 Å². The molecule has 2 aromatic rings. The quantitative estimate of drug-likeness (QED) is 0.768. The highest BCUT2D eigenvalue weighted by molar-refractivity contribution is 7.89. The predicted molar refractivity (Wildman–Crippen MR) is 102 cm³/mol. The van der Waals surface area contributed by atoms with Gasteiger partial charge in [-0.15, -0.1) is 0 Å². The molecule has 0 spiro atoms. The van der Waals surface area contributed by atoms with Gasteiger partial charge in [-0.2, -0.15) is 4.31 Å². The fraction of sp³-hybridized carbons (Fsp3) is 0.350. The van der Waals surface area contributed by atoms with E-state index in [2.05, 4.69) is 0 Å². The smallest absolute Gasteiger partial charge is 0.324 e. The molecule has 9 heteroatoms. The molecule has 0 aliphatic carbocycles. The van der Waals surface area contributed by atoms with Crippen molar-refractivity contribution in [3.05, 3.63) is 59.9 Å². The Labute approximate surface area is 168 Å². The van der Waals surface area contributed by atoms with Gasteiger partial charge in [0.2, 0.25) is 10.0 Å². The lowest BCUT2D eigenvalue weighted by atomic mass is 10.1. The molecule has 1 fully saturated rings. The summed E-state index contributed by atoms with van der Waals surface area (Å²) >= 11 is 0. The van der Waals surface area contributed by atoms with Crippen LogP contribution < -0.4 is 4.74 Å². The molecule has 3 atom stereocenters. The number of halogens is 1. The number of rotatable bonds is 6. The maximum Gasteiger partial charge on any atom is 0.324 e. The number of sulfonamides is 1. The van der Waals surface area contributed by atoms with Gasteiger partial charge in [0.15, 0.2) is 0 Å². The normalized spacial score (nSPS) is 22.9. The van der Waals surface area contributed by atoms with E-state index < -0.39 is 34.2 Å². The number of nitrogens with zero attached hydrogens (tertiary/aromatic N) is 1. The molecule has 7 nitrogen and oxygen atoms in total. The largest absolute Gasteiger partial charge is 0.489 e. The van der Waals surface area contributed by atoms with E-state index >= 15 is 0 Å². The van der Waals surface area contributed by atoms with Crippen LogP contribution in [0.5, 0.6) is 5.75 Å². The van der Waals surface area contributed by atoms with Gasteiger partial charge in [0.1, 0.15) is 24.2 Å². The van der Waals surface area contributed by atoms with E-state index in [-0.39, 0.29) is 23.9 Å². The molecule has 0 aromatic heterocycles. The van der Waals surface area contributed by atoms with Gasteiger partial charge in [-0.05, 0) is 55.8 Å². The second-order valence-electron chi connectivity index (χ2n) is 6.90. The van der Waals surface area contributed by atoms with Gasteiger partial charge < -0.3 is 14.6 Å². The molecular formula is C20H22FNO6S. The van der Waals surface area contributed by atoms with Crippen LogP contribution in [0.25, 0.3) is 0 Å². The second-order valence-corrected chi connectivity index (χ2v) is 8.79. The molecule has 2 aromatic carbocycles. The molecule has 3 rings (SSSR count). The van der Waals surface area contributed by atoms with Gasteiger partial charge in [-0.1, -0.05) is 12.1 Å². The maximum atomic E-state index is 13.0. The molecule has 3 unspecified atom stereocenters. The number of morpholine rings is 1. The first-order valence-corrected chi connectivity index (χ1v) is 10.5. The second kappa shape index (κ2) is 8.48. The van der Waals surface area contributed by atoms with Crippen molar-refractivity contribution < 1.29 is 32.2 Å². The predicted octanol–water partition coefficient (Wildman–Crippen LogP) is 2.66. The van der Waals surface area contributed by atoms with Crippen molar-refractivity contribution in [2.24, 2.45) is 0 Å². The summed E-state index contributed by atoms with van der Waals surface area (Å²) in [7, 11) is -4.04. The Balaban J connectivity index is 1.76. The molecule has 1 aliphatic rings. The lowest BCUT2D eigenvalue weighted by Crippen LogP contribution is -2.58. The van der Waals surface area contributed by atoms with Crippen LogP contribution in [-0.2, 0) is 26.2 Å². The van der Waals surface area contributed by atoms with Crippen LogP contribution in [0.2, 0.25) is 0 Å². The van der Waals surface area contributed by atoms with E-state index in [1.54, 1.807) is 26.0 Å². The highest BCUT2D eigenvalue weighted by atomic mass is 32.2. The van der Waals surface area contributed by atoms with E-state index in [9.17, 15) is 22.7 Å². The number of benzene rings is 2. The van der Waals surface area contributed by atoms with E-state index in [1.807, 2.05) is 0 Å². The number of carbonyl (C=O) groups is 1. The summed E-state index contributed by atoms with van der Waals surface area (Å²) in [6.07, 6.45) is -1.20. The first kappa shape index (κ1) is 21.2. The first-order chi connectivity index (χ1) is 13.7. The average molecular weight is 423 g/mol. The van der Waals surface area contributed by atoms with Gasteiger partial charge in [0.05, 0.1) is 17.1 Å². The van der Waals surface area contributed by atoms with Gasteiger partial charge in [-0.25, -0.2) is 12.8 Å². The van der Waals surface area contributed by atoms with Crippen molar-refractivity contribution in [3.8, 4) is 5.75 Å². The fourth-order valence-electron chi connectivity index (χ4n) is 3.25. The lowest BCUT2D eigenvalue weighted by Gasteiger charge is -2.39. The molecule has 0 saturated carbocycles. The summed E-state index contributed by atoms with van der Waals surface area (Å²) in [5, 5.41) is 9.49. The van der Waals surface area contributed by atoms with Crippen molar-refractivity contribution in [2.45, 2.75) is 43.6 Å². The molecule has 0 amide bonds. The third-order valence-electron chi connectivity index (χ3n) is 4.64. The zero-order valence-electron chi connectivity index (χ0n) is 16.0. The third kappa shape index (κ3) is 4.75. The fourth-order valence-corrected chi connectivity index (χ4v) is 4.96. The molecule has 0 bridgehead atoms. The third-order valence-corrected chi connectivity index (χ3v) is 6.50. The minimum Gasteiger partial charge on any atom is -0.489 e. The Morgan fingerprint density at radius 1 is 1.17 bits per heavy atom. The molecule has 1 heterocycles. The zero-order chi connectivity index (χ0) is 21.2. The summed E-state index contributed by atoms with van der Waals surface area (Å²) in [5.74, 6) is -1.16. The summed E-state index contributed by atoms with van der Waals surface area (Å²) in [6.45, 7) is 3.39. The molecule has 1 N–H and O–H groups in total. The number of carboxylic acids is 1. The number of aliphatic carboxylic acids is 1. The zero-order valence-corrected chi connectivity index (χ0v) is 16.8. The van der Waals surface area contributed by atoms with E-state index in [4.69, 9.17) is 9.47 Å². The van der Waals surface area contributed by atoms with Gasteiger partial charge in [0.25, 0.3) is 0 Å². The number of hydrogen-bond acceptors (Lipinski definition) is 5. The minimum atomic E-state index is -4.04. The Hall–Kier alpha value is -2.49. The van der Waals surface area contributed by atoms with Crippen LogP contribution in [-0.4, -0.2) is 48.6 Å². The van der Waals surface area contributed by atoms with Crippen LogP contribution in [0.3, 0.4) is 0 Å². The summed E-state index contributed by atoms with van der Waals surface area (Å²) in [5.41, 5.74) is 0.767. The highest BCUT2D eigenvalue weighted by Gasteiger charge is 2.44. The molecule has 0 radical (unpaired) electrons. The number of hydrogen-bond donors (Lipinski definition) is 1. The molecule has 29 heavy (non-hydrogen) atoms. The number of carboxylic acid groups (broad SMARTS) is 1. The lowest BCUT2D eigenvalue weighted by molar-refractivity contribution is -0.155. The Kier molecular flexibility index (Phi) is 6.21. The first-order valence-electron chi connectivity index (χ1n) is 9.06. The van der Waals surface area contributed by atoms with Crippen LogP contribution in [0, 0.1) is 5.82 Å². The summed E-state index contributed by atoms with van der Waals surface area (Å²) in [6, 6.07) is 10.3. The Bertz CT molecular complexity index is 961. The van der Waals surface area contributed by atoms with Crippen LogP contribution in [0.1, 0.15) is 19.4 Å². The maximum absolute atomic E-state index is 13.0. The summed E-state index contributed by atoms with van der Waals surface area (Å²) < 4.78 is 51.1. The van der Waals surface area contributed by atoms with Crippen molar-refractivity contribution in [3.63, 3.8) is 0 Å². The Morgan fingerprint density at radius 3 is 2.38 bits per heavy atom. The van der Waals surface area contributed by atoms with E-state index in [0.29, 0.717) is 5.75 Å². The molecule has 1 saturated heterocycles. The van der Waals surface area contributed by atoms with Crippen LogP contribution in [0.4, 0.5) is 4.39 Å². The van der Waals surface area contributed by atoms with Crippen molar-refractivity contribution in [1.29, 1.82) is 0 Å². The van der Waals surface area contributed by atoms with Crippen molar-refractivity contribution in [2.75, 3.05) is 6.54 Å². The molecule has 1 aliphatic heterocycles. The van der Waals surface area contributed by atoms with Crippen LogP contribution in [0.15, 0.2) is 53.4 Å². The Morgan fingerprint density at radius 2 is 1.79 bits per heavy atom. The van der Waals surface area contributed by atoms with Crippen LogP contribution >= 0.6 is 0 Å². The molecular weight excluding hydrogens is 401 g/mol. The summed E-state index contributed by atoms with van der Waals surface area (Å²) in [4.78, 5) is 11.6. The molecule has 156 valence electrons. The van der Waals surface area contributed by atoms with Gasteiger partial charge >= 0.3 is 5.97 Å². The van der Waals surface area contributed by atoms with Crippen molar-refractivity contribution >= 4 is 16.0 Å².